The number of amides is 1. The molecule has 0 unspecified atom stereocenters. The van der Waals surface area contributed by atoms with E-state index in [4.69, 9.17) is 9.15 Å². The van der Waals surface area contributed by atoms with E-state index in [0.29, 0.717) is 10.4 Å². The SMILES string of the molecule is O=C(c1ccc(Br)o1)N(CCCN1CCc2ccccc2C1)C1CCOCC1. The smallest absolute Gasteiger partial charge is 0.289 e. The van der Waals surface area contributed by atoms with Gasteiger partial charge in [0, 0.05) is 45.4 Å². The van der Waals surface area contributed by atoms with Crippen LogP contribution in [0.2, 0.25) is 0 Å². The number of benzene rings is 1. The van der Waals surface area contributed by atoms with E-state index in [2.05, 4.69) is 45.1 Å². The van der Waals surface area contributed by atoms with Crippen molar-refractivity contribution in [2.75, 3.05) is 32.8 Å². The highest BCUT2D eigenvalue weighted by molar-refractivity contribution is 9.10. The third kappa shape index (κ3) is 4.67. The first-order valence-electron chi connectivity index (χ1n) is 10.1. The van der Waals surface area contributed by atoms with Crippen molar-refractivity contribution in [3.05, 3.63) is 58.0 Å². The molecule has 1 saturated heterocycles. The number of carbonyl (C=O) groups excluding carboxylic acids is 1. The molecule has 2 aliphatic rings. The first-order valence-corrected chi connectivity index (χ1v) is 10.9. The van der Waals surface area contributed by atoms with Gasteiger partial charge in [-0.25, -0.2) is 0 Å². The number of halogens is 1. The summed E-state index contributed by atoms with van der Waals surface area (Å²) in [5, 5.41) is 0. The largest absolute Gasteiger partial charge is 0.444 e. The van der Waals surface area contributed by atoms with Gasteiger partial charge in [0.25, 0.3) is 5.91 Å². The number of nitrogens with zero attached hydrogens (tertiary/aromatic N) is 2. The van der Waals surface area contributed by atoms with Crippen LogP contribution in [0.5, 0.6) is 0 Å². The van der Waals surface area contributed by atoms with Crippen LogP contribution in [0.15, 0.2) is 45.5 Å². The van der Waals surface area contributed by atoms with Crippen LogP contribution in [-0.4, -0.2) is 54.6 Å². The lowest BCUT2D eigenvalue weighted by molar-refractivity contribution is 0.0261. The highest BCUT2D eigenvalue weighted by Crippen LogP contribution is 2.22. The fourth-order valence-corrected chi connectivity index (χ4v) is 4.53. The third-order valence-corrected chi connectivity index (χ3v) is 6.19. The Kier molecular flexibility index (Phi) is 6.50. The molecule has 0 aliphatic carbocycles. The van der Waals surface area contributed by atoms with E-state index in [1.165, 1.54) is 11.1 Å². The number of hydrogen-bond donors (Lipinski definition) is 0. The lowest BCUT2D eigenvalue weighted by Crippen LogP contribution is -2.44. The van der Waals surface area contributed by atoms with Gasteiger partial charge >= 0.3 is 0 Å². The van der Waals surface area contributed by atoms with E-state index in [0.717, 1.165) is 65.1 Å². The molecule has 1 fully saturated rings. The lowest BCUT2D eigenvalue weighted by atomic mass is 10.00. The van der Waals surface area contributed by atoms with Crippen LogP contribution in [0.1, 0.15) is 40.9 Å². The lowest BCUT2D eigenvalue weighted by Gasteiger charge is -2.35. The van der Waals surface area contributed by atoms with E-state index >= 15 is 0 Å². The van der Waals surface area contributed by atoms with E-state index < -0.39 is 0 Å². The van der Waals surface area contributed by atoms with Crippen LogP contribution in [-0.2, 0) is 17.7 Å². The second-order valence-electron chi connectivity index (χ2n) is 7.59. The van der Waals surface area contributed by atoms with Gasteiger partial charge in [0.15, 0.2) is 10.4 Å². The molecule has 150 valence electrons. The van der Waals surface area contributed by atoms with Gasteiger partial charge in [-0.1, -0.05) is 24.3 Å². The van der Waals surface area contributed by atoms with Gasteiger partial charge in [0.05, 0.1) is 0 Å². The van der Waals surface area contributed by atoms with Gasteiger partial charge in [-0.15, -0.1) is 0 Å². The van der Waals surface area contributed by atoms with Crippen LogP contribution >= 0.6 is 15.9 Å². The molecule has 2 aromatic rings. The molecule has 4 rings (SSSR count). The van der Waals surface area contributed by atoms with E-state index in [9.17, 15) is 4.79 Å². The van der Waals surface area contributed by atoms with Crippen molar-refractivity contribution in [2.45, 2.75) is 38.3 Å². The van der Waals surface area contributed by atoms with Crippen LogP contribution in [0, 0.1) is 0 Å². The maximum atomic E-state index is 13.1. The summed E-state index contributed by atoms with van der Waals surface area (Å²) < 4.78 is 11.6. The summed E-state index contributed by atoms with van der Waals surface area (Å²) in [5.41, 5.74) is 2.91. The van der Waals surface area contributed by atoms with Crippen molar-refractivity contribution in [3.8, 4) is 0 Å². The molecule has 0 spiro atoms. The number of hydrogen-bond acceptors (Lipinski definition) is 4. The number of carbonyl (C=O) groups is 1. The van der Waals surface area contributed by atoms with Crippen LogP contribution in [0.3, 0.4) is 0 Å². The number of furan rings is 1. The Balaban J connectivity index is 1.36. The topological polar surface area (TPSA) is 45.9 Å². The van der Waals surface area contributed by atoms with Crippen LogP contribution in [0.4, 0.5) is 0 Å². The third-order valence-electron chi connectivity index (χ3n) is 5.76. The Bertz CT molecular complexity index is 801. The molecule has 0 N–H and O–H groups in total. The fourth-order valence-electron chi connectivity index (χ4n) is 4.23. The normalized spacial score (nSPS) is 18.0. The van der Waals surface area contributed by atoms with Gasteiger partial charge in [0.1, 0.15) is 0 Å². The quantitative estimate of drug-likeness (QED) is 0.669. The summed E-state index contributed by atoms with van der Waals surface area (Å²) in [6.07, 6.45) is 3.86. The fraction of sp³-hybridized carbons (Fsp3) is 0.500. The molecule has 0 radical (unpaired) electrons. The molecule has 2 aliphatic heterocycles. The Labute approximate surface area is 174 Å². The molecular formula is C22H27BrN2O3. The van der Waals surface area contributed by atoms with Crippen molar-refractivity contribution in [2.24, 2.45) is 0 Å². The molecule has 1 amide bonds. The highest BCUT2D eigenvalue weighted by atomic mass is 79.9. The second-order valence-corrected chi connectivity index (χ2v) is 8.38. The standard InChI is InChI=1S/C22H27BrN2O3/c23-21-7-6-20(28-21)22(26)25(19-9-14-27-15-10-19)12-3-11-24-13-8-17-4-1-2-5-18(17)16-24/h1-2,4-7,19H,3,8-16H2. The first kappa shape index (κ1) is 19.7. The molecule has 1 aromatic carbocycles. The van der Waals surface area contributed by atoms with E-state index in [1.54, 1.807) is 12.1 Å². The zero-order valence-corrected chi connectivity index (χ0v) is 17.7. The average molecular weight is 447 g/mol. The molecule has 6 heteroatoms. The Morgan fingerprint density at radius 2 is 1.93 bits per heavy atom. The van der Waals surface area contributed by atoms with E-state index in [1.807, 2.05) is 4.90 Å². The maximum absolute atomic E-state index is 13.1. The zero-order valence-electron chi connectivity index (χ0n) is 16.1. The van der Waals surface area contributed by atoms with Gasteiger partial charge in [-0.05, 0) is 64.9 Å². The van der Waals surface area contributed by atoms with Crippen LogP contribution in [0.25, 0.3) is 0 Å². The predicted molar refractivity (Wildman–Crippen MR) is 111 cm³/mol. The van der Waals surface area contributed by atoms with Gasteiger partial charge < -0.3 is 14.1 Å². The minimum Gasteiger partial charge on any atom is -0.444 e. The molecular weight excluding hydrogens is 420 g/mol. The second kappa shape index (κ2) is 9.25. The summed E-state index contributed by atoms with van der Waals surface area (Å²) in [4.78, 5) is 17.6. The Morgan fingerprint density at radius 3 is 2.68 bits per heavy atom. The highest BCUT2D eigenvalue weighted by Gasteiger charge is 2.28. The average Bonchev–Trinajstić information content (AvgIpc) is 3.18. The van der Waals surface area contributed by atoms with Crippen molar-refractivity contribution in [1.29, 1.82) is 0 Å². The molecule has 3 heterocycles. The molecule has 28 heavy (non-hydrogen) atoms. The monoisotopic (exact) mass is 446 g/mol. The molecule has 0 atom stereocenters. The summed E-state index contributed by atoms with van der Waals surface area (Å²) in [6.45, 7) is 5.29. The predicted octanol–water partition coefficient (Wildman–Crippen LogP) is 4.11. The number of fused-ring (bicyclic) bond motifs is 1. The zero-order chi connectivity index (χ0) is 19.3. The number of rotatable bonds is 6. The minimum atomic E-state index is -0.0124. The minimum absolute atomic E-state index is 0.0124. The van der Waals surface area contributed by atoms with Crippen molar-refractivity contribution in [3.63, 3.8) is 0 Å². The van der Waals surface area contributed by atoms with Crippen molar-refractivity contribution < 1.29 is 13.9 Å². The van der Waals surface area contributed by atoms with Crippen LogP contribution < -0.4 is 0 Å². The Morgan fingerprint density at radius 1 is 1.14 bits per heavy atom. The summed E-state index contributed by atoms with van der Waals surface area (Å²) in [5.74, 6) is 0.395. The van der Waals surface area contributed by atoms with Gasteiger partial charge in [-0.2, -0.15) is 0 Å². The van der Waals surface area contributed by atoms with Gasteiger partial charge in [-0.3, -0.25) is 9.69 Å². The number of ether oxygens (including phenoxy) is 1. The summed E-state index contributed by atoms with van der Waals surface area (Å²) >= 11 is 3.30. The summed E-state index contributed by atoms with van der Waals surface area (Å²) in [6, 6.07) is 12.5. The molecule has 0 saturated carbocycles. The Hall–Kier alpha value is -1.63. The molecule has 1 aromatic heterocycles. The van der Waals surface area contributed by atoms with Crippen molar-refractivity contribution in [1.82, 2.24) is 9.80 Å². The van der Waals surface area contributed by atoms with E-state index in [-0.39, 0.29) is 11.9 Å². The van der Waals surface area contributed by atoms with Gasteiger partial charge in [0.2, 0.25) is 0 Å². The van der Waals surface area contributed by atoms with Crippen molar-refractivity contribution >= 4 is 21.8 Å². The summed E-state index contributed by atoms with van der Waals surface area (Å²) in [7, 11) is 0. The molecule has 5 nitrogen and oxygen atoms in total. The molecule has 0 bridgehead atoms. The maximum Gasteiger partial charge on any atom is 0.289 e. The first-order chi connectivity index (χ1) is 13.7.